The zero-order valence-electron chi connectivity index (χ0n) is 11.3. The van der Waals surface area contributed by atoms with Crippen LogP contribution < -0.4 is 0 Å². The average molecular weight is 220 g/mol. The van der Waals surface area contributed by atoms with Gasteiger partial charge in [0.2, 0.25) is 0 Å². The summed E-state index contributed by atoms with van der Waals surface area (Å²) in [4.78, 5) is 0. The first kappa shape index (κ1) is 13.5. The van der Waals surface area contributed by atoms with Gasteiger partial charge >= 0.3 is 0 Å². The third kappa shape index (κ3) is 1.75. The van der Waals surface area contributed by atoms with Crippen molar-refractivity contribution in [3.63, 3.8) is 0 Å². The molecule has 1 nitrogen and oxygen atoms in total. The van der Waals surface area contributed by atoms with Crippen LogP contribution in [-0.2, 0) is 0 Å². The molecule has 0 aromatic carbocycles. The van der Waals surface area contributed by atoms with Crippen molar-refractivity contribution in [2.45, 2.75) is 47.6 Å². The van der Waals surface area contributed by atoms with E-state index in [-0.39, 0.29) is 16.2 Å². The van der Waals surface area contributed by atoms with Gasteiger partial charge < -0.3 is 5.11 Å². The first-order valence-electron chi connectivity index (χ1n) is 5.87. The maximum Gasteiger partial charge on any atom is 0.0857 e. The van der Waals surface area contributed by atoms with E-state index >= 15 is 0 Å². The number of allylic oxidation sites excluding steroid dienone is 2. The topological polar surface area (TPSA) is 20.2 Å². The molecular weight excluding hydrogens is 196 g/mol. The number of aliphatic hydroxyl groups excluding tert-OH is 1. The Kier molecular flexibility index (Phi) is 3.15. The van der Waals surface area contributed by atoms with Crippen LogP contribution in [0.4, 0.5) is 0 Å². The molecule has 1 aliphatic rings. The molecule has 1 rings (SSSR count). The van der Waals surface area contributed by atoms with E-state index in [0.29, 0.717) is 5.57 Å². The lowest BCUT2D eigenvalue weighted by Gasteiger charge is -2.55. The Hall–Kier alpha value is -0.560. The minimum absolute atomic E-state index is 0.0555. The normalized spacial score (nSPS) is 25.5. The highest BCUT2D eigenvalue weighted by Gasteiger charge is 2.54. The van der Waals surface area contributed by atoms with Crippen molar-refractivity contribution in [3.8, 4) is 0 Å². The molecule has 0 aromatic heterocycles. The Balaban J connectivity index is 3.40. The van der Waals surface area contributed by atoms with Gasteiger partial charge in [-0.2, -0.15) is 0 Å². The van der Waals surface area contributed by atoms with Crippen molar-refractivity contribution in [3.05, 3.63) is 30.7 Å². The third-order valence-electron chi connectivity index (χ3n) is 3.88. The molecule has 0 saturated carbocycles. The molecule has 1 aliphatic carbocycles. The second-order valence-electron chi connectivity index (χ2n) is 6.80. The van der Waals surface area contributed by atoms with Gasteiger partial charge in [0.25, 0.3) is 0 Å². The van der Waals surface area contributed by atoms with E-state index in [1.165, 1.54) is 0 Å². The largest absolute Gasteiger partial charge is 0.388 e. The summed E-state index contributed by atoms with van der Waals surface area (Å²) in [6.07, 6.45) is 5.27. The van der Waals surface area contributed by atoms with Crippen LogP contribution in [0.3, 0.4) is 0 Å². The highest BCUT2D eigenvalue weighted by molar-refractivity contribution is 5.34. The maximum atomic E-state index is 10.5. The van der Waals surface area contributed by atoms with Crippen LogP contribution in [0.2, 0.25) is 0 Å². The van der Waals surface area contributed by atoms with Crippen molar-refractivity contribution in [2.75, 3.05) is 0 Å². The second-order valence-corrected chi connectivity index (χ2v) is 6.80. The zero-order chi connectivity index (χ0) is 12.8. The fourth-order valence-corrected chi connectivity index (χ4v) is 3.20. The Labute approximate surface area is 100 Å². The minimum Gasteiger partial charge on any atom is -0.388 e. The lowest BCUT2D eigenvalue weighted by atomic mass is 9.50. The van der Waals surface area contributed by atoms with Crippen LogP contribution in [0.15, 0.2) is 23.8 Å². The highest BCUT2D eigenvalue weighted by Crippen LogP contribution is 2.57. The molecule has 0 fully saturated rings. The fourth-order valence-electron chi connectivity index (χ4n) is 3.20. The first-order valence-corrected chi connectivity index (χ1v) is 5.87. The van der Waals surface area contributed by atoms with Crippen LogP contribution in [0, 0.1) is 23.2 Å². The van der Waals surface area contributed by atoms with Crippen molar-refractivity contribution in [1.29, 1.82) is 0 Å². The van der Waals surface area contributed by atoms with E-state index in [2.05, 4.69) is 47.6 Å². The van der Waals surface area contributed by atoms with Crippen LogP contribution in [0.1, 0.15) is 41.5 Å². The molecule has 0 spiro atoms. The Bertz CT molecular complexity index is 306. The smallest absolute Gasteiger partial charge is 0.0857 e. The van der Waals surface area contributed by atoms with Gasteiger partial charge in [0, 0.05) is 5.41 Å². The van der Waals surface area contributed by atoms with Gasteiger partial charge in [-0.1, -0.05) is 59.8 Å². The van der Waals surface area contributed by atoms with Crippen molar-refractivity contribution < 1.29 is 5.11 Å². The lowest BCUT2D eigenvalue weighted by molar-refractivity contribution is -0.0743. The summed E-state index contributed by atoms with van der Waals surface area (Å²) >= 11 is 0. The SMILES string of the molecule is [CH]C1=CC=CC(C(C)(C)C)(C(C)(C)C)C1O. The van der Waals surface area contributed by atoms with E-state index in [4.69, 9.17) is 6.92 Å². The van der Waals surface area contributed by atoms with Gasteiger partial charge in [-0.15, -0.1) is 0 Å². The van der Waals surface area contributed by atoms with Gasteiger partial charge in [0.1, 0.15) is 0 Å². The summed E-state index contributed by atoms with van der Waals surface area (Å²) in [6.45, 7) is 18.8. The monoisotopic (exact) mass is 220 g/mol. The van der Waals surface area contributed by atoms with Gasteiger partial charge in [-0.3, -0.25) is 0 Å². The molecule has 1 heteroatoms. The number of rotatable bonds is 0. The van der Waals surface area contributed by atoms with Gasteiger partial charge in [0.05, 0.1) is 6.10 Å². The van der Waals surface area contributed by atoms with E-state index in [0.717, 1.165) is 0 Å². The van der Waals surface area contributed by atoms with Gasteiger partial charge in [0.15, 0.2) is 0 Å². The predicted octanol–water partition coefficient (Wildman–Crippen LogP) is 3.63. The van der Waals surface area contributed by atoms with Gasteiger partial charge in [-0.25, -0.2) is 0 Å². The molecular formula is C15H24O. The average Bonchev–Trinajstić information content (AvgIpc) is 2.05. The quantitative estimate of drug-likeness (QED) is 0.661. The summed E-state index contributed by atoms with van der Waals surface area (Å²) in [5.41, 5.74) is 0.117. The maximum absolute atomic E-state index is 10.5. The lowest BCUT2D eigenvalue weighted by Crippen LogP contribution is -2.54. The van der Waals surface area contributed by atoms with E-state index in [9.17, 15) is 5.11 Å². The summed E-state index contributed by atoms with van der Waals surface area (Å²) in [5, 5.41) is 10.5. The van der Waals surface area contributed by atoms with Crippen molar-refractivity contribution in [1.82, 2.24) is 0 Å². The van der Waals surface area contributed by atoms with Crippen molar-refractivity contribution in [2.24, 2.45) is 16.2 Å². The van der Waals surface area contributed by atoms with Crippen LogP contribution in [0.25, 0.3) is 0 Å². The molecule has 1 unspecified atom stereocenters. The standard InChI is InChI=1S/C15H24O/c1-11-9-8-10-15(12(11)16,13(2,3)4)14(5,6)7/h1,8-10,12,16H,2-7H3. The Morgan fingerprint density at radius 1 is 1.12 bits per heavy atom. The van der Waals surface area contributed by atoms with Crippen LogP contribution >= 0.6 is 0 Å². The summed E-state index contributed by atoms with van der Waals surface area (Å²) in [7, 11) is 0. The summed E-state index contributed by atoms with van der Waals surface area (Å²) < 4.78 is 0. The molecule has 16 heavy (non-hydrogen) atoms. The zero-order valence-corrected chi connectivity index (χ0v) is 11.3. The molecule has 0 aliphatic heterocycles. The molecule has 90 valence electrons. The van der Waals surface area contributed by atoms with Gasteiger partial charge in [-0.05, 0) is 23.3 Å². The molecule has 0 bridgehead atoms. The number of aliphatic hydroxyl groups is 1. The van der Waals surface area contributed by atoms with Crippen LogP contribution in [-0.4, -0.2) is 11.2 Å². The minimum atomic E-state index is -0.613. The number of hydrogen-bond acceptors (Lipinski definition) is 1. The Morgan fingerprint density at radius 2 is 1.56 bits per heavy atom. The molecule has 2 radical (unpaired) electrons. The second kappa shape index (κ2) is 3.73. The Morgan fingerprint density at radius 3 is 1.88 bits per heavy atom. The molecule has 0 heterocycles. The molecule has 0 saturated heterocycles. The fraction of sp³-hybridized carbons (Fsp3) is 0.667. The summed E-state index contributed by atoms with van der Waals surface area (Å²) in [5.74, 6) is 0. The van der Waals surface area contributed by atoms with E-state index in [1.54, 1.807) is 6.08 Å². The molecule has 1 N–H and O–H groups in total. The van der Waals surface area contributed by atoms with E-state index in [1.807, 2.05) is 6.08 Å². The van der Waals surface area contributed by atoms with Crippen molar-refractivity contribution >= 4 is 0 Å². The number of hydrogen-bond donors (Lipinski definition) is 1. The van der Waals surface area contributed by atoms with Crippen LogP contribution in [0.5, 0.6) is 0 Å². The highest BCUT2D eigenvalue weighted by atomic mass is 16.3. The predicted molar refractivity (Wildman–Crippen MR) is 68.9 cm³/mol. The molecule has 0 aromatic rings. The third-order valence-corrected chi connectivity index (χ3v) is 3.88. The first-order chi connectivity index (χ1) is 7.04. The van der Waals surface area contributed by atoms with E-state index < -0.39 is 6.10 Å². The molecule has 0 amide bonds. The summed E-state index contributed by atoms with van der Waals surface area (Å²) in [6, 6.07) is 0. The molecule has 1 atom stereocenters.